The minimum absolute atomic E-state index is 0.183. The molecule has 1 amide bonds. The summed E-state index contributed by atoms with van der Waals surface area (Å²) in [5, 5.41) is 5.08. The van der Waals surface area contributed by atoms with E-state index in [9.17, 15) is 4.79 Å². The number of fused-ring (bicyclic) bond motifs is 1. The van der Waals surface area contributed by atoms with Crippen molar-refractivity contribution >= 4 is 22.4 Å². The second-order valence-corrected chi connectivity index (χ2v) is 5.25. The molecule has 3 rings (SSSR count). The number of anilines is 1. The molecule has 0 saturated carbocycles. The third kappa shape index (κ3) is 3.77. The first kappa shape index (κ1) is 14.9. The van der Waals surface area contributed by atoms with Crippen LogP contribution in [0.5, 0.6) is 5.75 Å². The number of ether oxygens (including phenoxy) is 1. The van der Waals surface area contributed by atoms with Crippen LogP contribution in [-0.4, -0.2) is 5.91 Å². The first-order chi connectivity index (χ1) is 11.2. The minimum atomic E-state index is -0.183. The Bertz CT molecular complexity index is 854. The zero-order valence-electron chi connectivity index (χ0n) is 12.8. The Morgan fingerprint density at radius 2 is 1.61 bits per heavy atom. The molecule has 0 bridgehead atoms. The van der Waals surface area contributed by atoms with E-state index in [1.807, 2.05) is 72.8 Å². The van der Waals surface area contributed by atoms with Gasteiger partial charge in [0.15, 0.2) is 0 Å². The first-order valence-corrected chi connectivity index (χ1v) is 7.41. The van der Waals surface area contributed by atoms with Gasteiger partial charge in [0.1, 0.15) is 5.75 Å². The lowest BCUT2D eigenvalue weighted by Gasteiger charge is -2.06. The van der Waals surface area contributed by atoms with Gasteiger partial charge < -0.3 is 10.1 Å². The van der Waals surface area contributed by atoms with Gasteiger partial charge in [-0.25, -0.2) is 0 Å². The molecule has 0 aliphatic heterocycles. The van der Waals surface area contributed by atoms with Crippen LogP contribution in [0.2, 0.25) is 0 Å². The number of hydrogen-bond donors (Lipinski definition) is 1. The van der Waals surface area contributed by atoms with Crippen molar-refractivity contribution in [2.24, 2.45) is 0 Å². The van der Waals surface area contributed by atoms with E-state index in [4.69, 9.17) is 4.74 Å². The number of nitrogens with one attached hydrogen (secondary N) is 1. The van der Waals surface area contributed by atoms with Crippen molar-refractivity contribution < 1.29 is 9.53 Å². The maximum Gasteiger partial charge on any atom is 0.254 e. The Morgan fingerprint density at radius 1 is 0.913 bits per heavy atom. The van der Waals surface area contributed by atoms with Crippen LogP contribution < -0.4 is 10.1 Å². The van der Waals surface area contributed by atoms with Gasteiger partial charge in [0.25, 0.3) is 5.91 Å². The highest BCUT2D eigenvalue weighted by molar-refractivity contribution is 6.03. The highest BCUT2D eigenvalue weighted by atomic mass is 16.5. The van der Waals surface area contributed by atoms with Crippen molar-refractivity contribution in [1.82, 2.24) is 0 Å². The summed E-state index contributed by atoms with van der Waals surface area (Å²) in [6.45, 7) is 1.72. The SMILES string of the molecule is C/C(=C\Oc1ccc2ccccc2c1)C(=O)Nc1ccccc1. The summed E-state index contributed by atoms with van der Waals surface area (Å²) in [6, 6.07) is 23.2. The lowest BCUT2D eigenvalue weighted by atomic mass is 10.1. The van der Waals surface area contributed by atoms with Crippen LogP contribution in [0.15, 0.2) is 84.6 Å². The van der Waals surface area contributed by atoms with Crippen LogP contribution in [0.1, 0.15) is 6.92 Å². The molecule has 1 N–H and O–H groups in total. The average molecular weight is 303 g/mol. The van der Waals surface area contributed by atoms with E-state index in [1.165, 1.54) is 6.26 Å². The topological polar surface area (TPSA) is 38.3 Å². The van der Waals surface area contributed by atoms with Crippen LogP contribution in [0.3, 0.4) is 0 Å². The van der Waals surface area contributed by atoms with E-state index in [0.29, 0.717) is 11.3 Å². The molecule has 0 aromatic heterocycles. The number of benzene rings is 3. The monoisotopic (exact) mass is 303 g/mol. The molecule has 0 aliphatic rings. The van der Waals surface area contributed by atoms with Crippen molar-refractivity contribution in [1.29, 1.82) is 0 Å². The Kier molecular flexibility index (Phi) is 4.39. The second-order valence-electron chi connectivity index (χ2n) is 5.25. The quantitative estimate of drug-likeness (QED) is 0.557. The van der Waals surface area contributed by atoms with Gasteiger partial charge in [-0.1, -0.05) is 48.5 Å². The summed E-state index contributed by atoms with van der Waals surface area (Å²) in [6.07, 6.45) is 1.47. The molecule has 0 saturated heterocycles. The number of rotatable bonds is 4. The van der Waals surface area contributed by atoms with Crippen LogP contribution in [0.25, 0.3) is 10.8 Å². The lowest BCUT2D eigenvalue weighted by molar-refractivity contribution is -0.112. The Hall–Kier alpha value is -3.07. The Morgan fingerprint density at radius 3 is 2.39 bits per heavy atom. The molecule has 3 aromatic rings. The van der Waals surface area contributed by atoms with Gasteiger partial charge in [0.05, 0.1) is 6.26 Å². The highest BCUT2D eigenvalue weighted by Crippen LogP contribution is 2.21. The molecule has 0 unspecified atom stereocenters. The second kappa shape index (κ2) is 6.79. The zero-order valence-corrected chi connectivity index (χ0v) is 12.8. The van der Waals surface area contributed by atoms with Gasteiger partial charge in [-0.15, -0.1) is 0 Å². The predicted molar refractivity (Wildman–Crippen MR) is 93.4 cm³/mol. The van der Waals surface area contributed by atoms with E-state index in [-0.39, 0.29) is 5.91 Å². The number of amides is 1. The molecule has 0 fully saturated rings. The number of para-hydroxylation sites is 1. The molecule has 0 aliphatic carbocycles. The normalized spacial score (nSPS) is 11.3. The summed E-state index contributed by atoms with van der Waals surface area (Å²) < 4.78 is 5.61. The van der Waals surface area contributed by atoms with Gasteiger partial charge in [0.2, 0.25) is 0 Å². The zero-order chi connectivity index (χ0) is 16.1. The first-order valence-electron chi connectivity index (χ1n) is 7.41. The van der Waals surface area contributed by atoms with Crippen LogP contribution in [0, 0.1) is 0 Å². The van der Waals surface area contributed by atoms with E-state index < -0.39 is 0 Å². The van der Waals surface area contributed by atoms with Crippen LogP contribution in [0.4, 0.5) is 5.69 Å². The summed E-state index contributed by atoms with van der Waals surface area (Å²) in [5.41, 5.74) is 1.26. The number of hydrogen-bond acceptors (Lipinski definition) is 2. The van der Waals surface area contributed by atoms with Crippen LogP contribution in [-0.2, 0) is 4.79 Å². The largest absolute Gasteiger partial charge is 0.465 e. The molecule has 114 valence electrons. The number of carbonyl (C=O) groups excluding carboxylic acids is 1. The third-order valence-electron chi connectivity index (χ3n) is 3.48. The molecule has 0 radical (unpaired) electrons. The van der Waals surface area contributed by atoms with Gasteiger partial charge in [-0.05, 0) is 42.0 Å². The predicted octanol–water partition coefficient (Wildman–Crippen LogP) is 4.76. The summed E-state index contributed by atoms with van der Waals surface area (Å²) in [4.78, 5) is 12.1. The third-order valence-corrected chi connectivity index (χ3v) is 3.48. The van der Waals surface area contributed by atoms with Gasteiger partial charge in [0, 0.05) is 11.3 Å². The molecule has 23 heavy (non-hydrogen) atoms. The van der Waals surface area contributed by atoms with E-state index in [0.717, 1.165) is 16.5 Å². The molecule has 0 atom stereocenters. The fourth-order valence-corrected chi connectivity index (χ4v) is 2.20. The maximum atomic E-state index is 12.1. The maximum absolute atomic E-state index is 12.1. The van der Waals surface area contributed by atoms with Gasteiger partial charge >= 0.3 is 0 Å². The summed E-state index contributed by atoms with van der Waals surface area (Å²) in [7, 11) is 0. The fourth-order valence-electron chi connectivity index (χ4n) is 2.20. The summed E-state index contributed by atoms with van der Waals surface area (Å²) in [5.74, 6) is 0.521. The smallest absolute Gasteiger partial charge is 0.254 e. The molecular weight excluding hydrogens is 286 g/mol. The van der Waals surface area contributed by atoms with Gasteiger partial charge in [-0.2, -0.15) is 0 Å². The number of carbonyl (C=O) groups is 1. The molecule has 3 heteroatoms. The van der Waals surface area contributed by atoms with Crippen LogP contribution >= 0.6 is 0 Å². The van der Waals surface area contributed by atoms with Crippen molar-refractivity contribution in [3.63, 3.8) is 0 Å². The molecule has 0 heterocycles. The standard InChI is InChI=1S/C20H17NO2/c1-15(20(22)21-18-9-3-2-4-10-18)14-23-19-12-11-16-7-5-6-8-17(16)13-19/h2-14H,1H3,(H,21,22)/b15-14+. The molecule has 3 aromatic carbocycles. The van der Waals surface area contributed by atoms with E-state index in [2.05, 4.69) is 5.32 Å². The van der Waals surface area contributed by atoms with Gasteiger partial charge in [-0.3, -0.25) is 4.79 Å². The van der Waals surface area contributed by atoms with Crippen molar-refractivity contribution in [2.75, 3.05) is 5.32 Å². The molecule has 3 nitrogen and oxygen atoms in total. The average Bonchev–Trinajstić information content (AvgIpc) is 2.60. The Balaban J connectivity index is 1.69. The van der Waals surface area contributed by atoms with Crippen molar-refractivity contribution in [3.05, 3.63) is 84.6 Å². The molecular formula is C20H17NO2. The van der Waals surface area contributed by atoms with Crippen molar-refractivity contribution in [2.45, 2.75) is 6.92 Å². The summed E-state index contributed by atoms with van der Waals surface area (Å²) >= 11 is 0. The minimum Gasteiger partial charge on any atom is -0.465 e. The van der Waals surface area contributed by atoms with E-state index >= 15 is 0 Å². The highest BCUT2D eigenvalue weighted by Gasteiger charge is 2.05. The fraction of sp³-hybridized carbons (Fsp3) is 0.0500. The lowest BCUT2D eigenvalue weighted by Crippen LogP contribution is -2.13. The Labute approximate surface area is 135 Å². The molecule has 0 spiro atoms. The van der Waals surface area contributed by atoms with E-state index in [1.54, 1.807) is 6.92 Å². The van der Waals surface area contributed by atoms with Crippen molar-refractivity contribution in [3.8, 4) is 5.75 Å².